The Labute approximate surface area is 244 Å². The third-order valence-electron chi connectivity index (χ3n) is 6.39. The number of aliphatic carboxylic acids is 1. The van der Waals surface area contributed by atoms with Gasteiger partial charge in [-0.2, -0.15) is 0 Å². The SMILES string of the molecule is Cc1ccc(CC(=O)C[C@H](CCC(=O)[O-])c2onc(-c3cc(CC(C)(C)C)on3)c2C2CC2)c(Cl)c1.[Na+]. The molecular weight excluding hydrogens is 503 g/mol. The number of carbonyl (C=O) groups is 2. The summed E-state index contributed by atoms with van der Waals surface area (Å²) in [7, 11) is 0. The van der Waals surface area contributed by atoms with Crippen LogP contribution in [0.5, 0.6) is 0 Å². The quantitative estimate of drug-likeness (QED) is 0.348. The number of hydrogen-bond acceptors (Lipinski definition) is 7. The van der Waals surface area contributed by atoms with Crippen LogP contribution in [0.2, 0.25) is 5.02 Å². The number of carbonyl (C=O) groups excluding carboxylic acids is 2. The molecule has 3 aromatic rings. The van der Waals surface area contributed by atoms with E-state index in [1.54, 1.807) is 0 Å². The number of Topliss-reactive ketones (excluding diaryl/α,β-unsaturated/α-hetero) is 1. The van der Waals surface area contributed by atoms with Crippen LogP contribution < -0.4 is 34.7 Å². The van der Waals surface area contributed by atoms with E-state index < -0.39 is 11.9 Å². The van der Waals surface area contributed by atoms with E-state index in [9.17, 15) is 14.7 Å². The molecule has 0 unspecified atom stereocenters. The van der Waals surface area contributed by atoms with Crippen molar-refractivity contribution in [2.24, 2.45) is 5.41 Å². The van der Waals surface area contributed by atoms with E-state index in [1.165, 1.54) is 0 Å². The van der Waals surface area contributed by atoms with Gasteiger partial charge in [0.25, 0.3) is 0 Å². The average Bonchev–Trinajstić information content (AvgIpc) is 3.35. The predicted molar refractivity (Wildman–Crippen MR) is 134 cm³/mol. The Balaban J connectivity index is 0.00000380. The van der Waals surface area contributed by atoms with Crippen molar-refractivity contribution in [2.45, 2.75) is 84.5 Å². The fourth-order valence-electron chi connectivity index (χ4n) is 4.56. The molecule has 4 rings (SSSR count). The zero-order valence-electron chi connectivity index (χ0n) is 22.2. The normalized spacial score (nSPS) is 14.3. The molecule has 0 N–H and O–H groups in total. The van der Waals surface area contributed by atoms with Crippen LogP contribution in [-0.4, -0.2) is 22.1 Å². The maximum absolute atomic E-state index is 13.1. The molecule has 0 bridgehead atoms. The zero-order valence-corrected chi connectivity index (χ0v) is 25.0. The monoisotopic (exact) mass is 534 g/mol. The van der Waals surface area contributed by atoms with Crippen LogP contribution in [-0.2, 0) is 22.4 Å². The third kappa shape index (κ3) is 8.03. The van der Waals surface area contributed by atoms with Crippen LogP contribution >= 0.6 is 11.6 Å². The maximum atomic E-state index is 13.1. The number of hydrogen-bond donors (Lipinski definition) is 0. The molecule has 0 spiro atoms. The second-order valence-electron chi connectivity index (χ2n) is 11.1. The van der Waals surface area contributed by atoms with Gasteiger partial charge in [-0.25, -0.2) is 0 Å². The van der Waals surface area contributed by atoms with Gasteiger partial charge in [0.15, 0.2) is 0 Å². The molecule has 0 saturated heterocycles. The first kappa shape index (κ1) is 29.6. The van der Waals surface area contributed by atoms with E-state index in [2.05, 4.69) is 31.1 Å². The Kier molecular flexibility index (Phi) is 9.84. The second-order valence-corrected chi connectivity index (χ2v) is 11.5. The minimum atomic E-state index is -1.16. The van der Waals surface area contributed by atoms with Crippen LogP contribution in [0.3, 0.4) is 0 Å². The molecule has 7 nitrogen and oxygen atoms in total. The van der Waals surface area contributed by atoms with Gasteiger partial charge in [-0.05, 0) is 61.1 Å². The Hall–Kier alpha value is -1.93. The van der Waals surface area contributed by atoms with E-state index >= 15 is 0 Å². The summed E-state index contributed by atoms with van der Waals surface area (Å²) in [5.41, 5.74) is 3.94. The first-order chi connectivity index (χ1) is 17.0. The maximum Gasteiger partial charge on any atom is 1.00 e. The molecule has 1 fully saturated rings. The first-order valence-electron chi connectivity index (χ1n) is 12.4. The van der Waals surface area contributed by atoms with E-state index in [1.807, 2.05) is 31.2 Å². The molecule has 2 heterocycles. The minimum Gasteiger partial charge on any atom is -0.550 e. The summed E-state index contributed by atoms with van der Waals surface area (Å²) in [6, 6.07) is 7.49. The summed E-state index contributed by atoms with van der Waals surface area (Å²) in [6.07, 6.45) is 3.02. The predicted octanol–water partition coefficient (Wildman–Crippen LogP) is 2.58. The topological polar surface area (TPSA) is 109 Å². The molecule has 0 aliphatic heterocycles. The fourth-order valence-corrected chi connectivity index (χ4v) is 4.86. The van der Waals surface area contributed by atoms with Crippen molar-refractivity contribution in [2.75, 3.05) is 0 Å². The summed E-state index contributed by atoms with van der Waals surface area (Å²) < 4.78 is 11.4. The summed E-state index contributed by atoms with van der Waals surface area (Å²) in [6.45, 7) is 8.32. The Morgan fingerprint density at radius 3 is 2.51 bits per heavy atom. The molecule has 1 saturated carbocycles. The second kappa shape index (κ2) is 12.3. The standard InChI is InChI=1S/C28H33ClN2O5.Na/c1-16-5-6-18(22(29)11-16)12-20(32)13-19(9-10-24(33)34)27-25(17-7-8-17)26(31-36-27)23-14-21(35-30-23)15-28(2,3)4;/h5-6,11,14,17,19H,7-10,12-13,15H2,1-4H3,(H,33,34);/q;+1/p-1/t19-;/m0./s1. The van der Waals surface area contributed by atoms with Crippen LogP contribution in [0.4, 0.5) is 0 Å². The molecule has 9 heteroatoms. The first-order valence-corrected chi connectivity index (χ1v) is 12.8. The van der Waals surface area contributed by atoms with Gasteiger partial charge in [0, 0.05) is 47.8 Å². The van der Waals surface area contributed by atoms with Gasteiger partial charge in [0.1, 0.15) is 28.7 Å². The van der Waals surface area contributed by atoms with Crippen molar-refractivity contribution < 1.29 is 53.3 Å². The van der Waals surface area contributed by atoms with Gasteiger partial charge >= 0.3 is 29.6 Å². The van der Waals surface area contributed by atoms with E-state index in [0.717, 1.165) is 41.7 Å². The number of carboxylic acid groups (broad SMARTS) is 1. The molecule has 1 aliphatic rings. The van der Waals surface area contributed by atoms with Gasteiger partial charge in [0.05, 0.1) is 0 Å². The number of aryl methyl sites for hydroxylation is 1. The number of rotatable bonds is 11. The molecule has 37 heavy (non-hydrogen) atoms. The van der Waals surface area contributed by atoms with Crippen molar-refractivity contribution >= 4 is 23.4 Å². The van der Waals surface area contributed by atoms with Gasteiger partial charge < -0.3 is 18.9 Å². The molecule has 0 radical (unpaired) electrons. The molecular formula is C28H32ClN2NaO5. The summed E-state index contributed by atoms with van der Waals surface area (Å²) in [4.78, 5) is 24.4. The van der Waals surface area contributed by atoms with Crippen molar-refractivity contribution in [3.8, 4) is 11.4 Å². The fraction of sp³-hybridized carbons (Fsp3) is 0.500. The van der Waals surface area contributed by atoms with Crippen molar-refractivity contribution in [3.63, 3.8) is 0 Å². The van der Waals surface area contributed by atoms with Gasteiger partial charge in [0.2, 0.25) is 0 Å². The minimum absolute atomic E-state index is 0. The Morgan fingerprint density at radius 1 is 1.16 bits per heavy atom. The zero-order chi connectivity index (χ0) is 26.0. The number of halogens is 1. The van der Waals surface area contributed by atoms with Gasteiger partial charge in [-0.1, -0.05) is 54.8 Å². The van der Waals surface area contributed by atoms with Crippen LogP contribution in [0.15, 0.2) is 33.3 Å². The summed E-state index contributed by atoms with van der Waals surface area (Å²) in [5.74, 6) is -0.0591. The van der Waals surface area contributed by atoms with E-state index in [-0.39, 0.29) is 72.4 Å². The van der Waals surface area contributed by atoms with Crippen molar-refractivity contribution in [3.05, 3.63) is 57.5 Å². The Bertz CT molecular complexity index is 1260. The molecule has 192 valence electrons. The number of nitrogens with zero attached hydrogens (tertiary/aromatic N) is 2. The van der Waals surface area contributed by atoms with Crippen molar-refractivity contribution in [1.29, 1.82) is 0 Å². The molecule has 1 aromatic carbocycles. The van der Waals surface area contributed by atoms with Gasteiger partial charge in [-0.3, -0.25) is 4.79 Å². The number of carboxylic acids is 1. The third-order valence-corrected chi connectivity index (χ3v) is 6.74. The van der Waals surface area contributed by atoms with E-state index in [4.69, 9.17) is 20.6 Å². The summed E-state index contributed by atoms with van der Waals surface area (Å²) >= 11 is 6.34. The van der Waals surface area contributed by atoms with Crippen LogP contribution in [0.25, 0.3) is 11.4 Å². The Morgan fingerprint density at radius 2 is 1.89 bits per heavy atom. The largest absolute Gasteiger partial charge is 1.00 e. The number of aromatic nitrogens is 2. The van der Waals surface area contributed by atoms with Crippen LogP contribution in [0, 0.1) is 12.3 Å². The number of ketones is 1. The molecule has 1 atom stereocenters. The summed E-state index contributed by atoms with van der Waals surface area (Å²) in [5, 5.41) is 20.4. The number of benzene rings is 1. The smallest absolute Gasteiger partial charge is 0.550 e. The van der Waals surface area contributed by atoms with Crippen LogP contribution in [0.1, 0.15) is 92.9 Å². The molecule has 2 aromatic heterocycles. The molecule has 0 amide bonds. The van der Waals surface area contributed by atoms with E-state index in [0.29, 0.717) is 22.2 Å². The molecule has 1 aliphatic carbocycles. The average molecular weight is 535 g/mol. The van der Waals surface area contributed by atoms with Crippen molar-refractivity contribution in [1.82, 2.24) is 10.3 Å². The van der Waals surface area contributed by atoms with Gasteiger partial charge in [-0.15, -0.1) is 0 Å².